The highest BCUT2D eigenvalue weighted by molar-refractivity contribution is 5.24. The van der Waals surface area contributed by atoms with Gasteiger partial charge < -0.3 is 15.7 Å². The van der Waals surface area contributed by atoms with E-state index in [0.29, 0.717) is 5.41 Å². The zero-order valence-corrected chi connectivity index (χ0v) is 12.8. The zero-order chi connectivity index (χ0) is 14.6. The summed E-state index contributed by atoms with van der Waals surface area (Å²) in [4.78, 5) is 2.48. The van der Waals surface area contributed by atoms with Crippen molar-refractivity contribution in [3.63, 3.8) is 0 Å². The van der Waals surface area contributed by atoms with Gasteiger partial charge in [0.15, 0.2) is 0 Å². The second-order valence-corrected chi connectivity index (χ2v) is 6.94. The van der Waals surface area contributed by atoms with E-state index in [2.05, 4.69) is 18.7 Å². The molecule has 1 fully saturated rings. The van der Waals surface area contributed by atoms with Crippen LogP contribution in [0.3, 0.4) is 0 Å². The Morgan fingerprint density at radius 1 is 1.20 bits per heavy atom. The van der Waals surface area contributed by atoms with E-state index >= 15 is 0 Å². The monoisotopic (exact) mass is 276 g/mol. The van der Waals surface area contributed by atoms with Crippen LogP contribution in [0.1, 0.15) is 38.7 Å². The van der Waals surface area contributed by atoms with Gasteiger partial charge in [-0.2, -0.15) is 0 Å². The lowest BCUT2D eigenvalue weighted by atomic mass is 9.82. The predicted octanol–water partition coefficient (Wildman–Crippen LogP) is 2.34. The Hall–Kier alpha value is -0.900. The summed E-state index contributed by atoms with van der Waals surface area (Å²) in [6, 6.07) is 9.96. The molecule has 1 heterocycles. The highest BCUT2D eigenvalue weighted by atomic mass is 16.3. The van der Waals surface area contributed by atoms with Crippen molar-refractivity contribution in [2.75, 3.05) is 26.2 Å². The first-order chi connectivity index (χ1) is 9.45. The van der Waals surface area contributed by atoms with Crippen LogP contribution in [0.15, 0.2) is 30.3 Å². The fourth-order valence-electron chi connectivity index (χ4n) is 2.82. The Labute approximate surface area is 122 Å². The molecule has 1 unspecified atom stereocenters. The number of nitrogens with zero attached hydrogens (tertiary/aromatic N) is 1. The second-order valence-electron chi connectivity index (χ2n) is 6.94. The van der Waals surface area contributed by atoms with Gasteiger partial charge in [-0.3, -0.25) is 0 Å². The number of likely N-dealkylation sites (tertiary alicyclic amines) is 1. The summed E-state index contributed by atoms with van der Waals surface area (Å²) in [5.74, 6) is 0. The van der Waals surface area contributed by atoms with Gasteiger partial charge >= 0.3 is 0 Å². The number of hydrogen-bond donors (Lipinski definition) is 2. The zero-order valence-electron chi connectivity index (χ0n) is 12.8. The van der Waals surface area contributed by atoms with Crippen molar-refractivity contribution in [2.24, 2.45) is 11.1 Å². The number of hydrogen-bond acceptors (Lipinski definition) is 3. The normalized spacial score (nSPS) is 22.4. The molecule has 0 aliphatic carbocycles. The summed E-state index contributed by atoms with van der Waals surface area (Å²) < 4.78 is 0. The number of aliphatic hydroxyl groups excluding tert-OH is 1. The highest BCUT2D eigenvalue weighted by Gasteiger charge is 2.29. The van der Waals surface area contributed by atoms with Crippen molar-refractivity contribution < 1.29 is 5.11 Å². The van der Waals surface area contributed by atoms with Crippen LogP contribution in [0, 0.1) is 5.41 Å². The lowest BCUT2D eigenvalue weighted by Crippen LogP contribution is -2.45. The van der Waals surface area contributed by atoms with Gasteiger partial charge in [0.1, 0.15) is 0 Å². The van der Waals surface area contributed by atoms with Gasteiger partial charge in [0, 0.05) is 6.54 Å². The Bertz CT molecular complexity index is 408. The number of rotatable bonds is 5. The molecule has 0 saturated carbocycles. The molecule has 1 aromatic carbocycles. The quantitative estimate of drug-likeness (QED) is 0.868. The first-order valence-corrected chi connectivity index (χ1v) is 7.63. The maximum Gasteiger partial charge on any atom is 0.0656 e. The first kappa shape index (κ1) is 15.5. The van der Waals surface area contributed by atoms with Gasteiger partial charge in [0.25, 0.3) is 0 Å². The Morgan fingerprint density at radius 2 is 1.80 bits per heavy atom. The Balaban J connectivity index is 1.92. The molecule has 1 aromatic rings. The van der Waals surface area contributed by atoms with Crippen LogP contribution >= 0.6 is 0 Å². The minimum Gasteiger partial charge on any atom is -0.394 e. The van der Waals surface area contributed by atoms with Crippen molar-refractivity contribution in [1.82, 2.24) is 4.90 Å². The summed E-state index contributed by atoms with van der Waals surface area (Å²) in [6.07, 6.45) is 3.29. The molecule has 0 radical (unpaired) electrons. The Kier molecular flexibility index (Phi) is 4.84. The van der Waals surface area contributed by atoms with E-state index in [0.717, 1.165) is 31.6 Å². The third-order valence-corrected chi connectivity index (χ3v) is 4.71. The molecule has 112 valence electrons. The van der Waals surface area contributed by atoms with Crippen molar-refractivity contribution in [3.8, 4) is 0 Å². The number of nitrogens with two attached hydrogens (primary N) is 1. The molecule has 3 nitrogen and oxygen atoms in total. The van der Waals surface area contributed by atoms with Crippen LogP contribution in [0.2, 0.25) is 0 Å². The minimum absolute atomic E-state index is 0.00362. The van der Waals surface area contributed by atoms with E-state index in [1.807, 2.05) is 30.3 Å². The van der Waals surface area contributed by atoms with Crippen molar-refractivity contribution >= 4 is 0 Å². The lowest BCUT2D eigenvalue weighted by molar-refractivity contribution is 0.111. The third-order valence-electron chi connectivity index (χ3n) is 4.71. The average Bonchev–Trinajstić information content (AvgIpc) is 2.47. The van der Waals surface area contributed by atoms with Crippen molar-refractivity contribution in [1.29, 1.82) is 0 Å². The van der Waals surface area contributed by atoms with Gasteiger partial charge in [0.2, 0.25) is 0 Å². The molecule has 0 spiro atoms. The van der Waals surface area contributed by atoms with Gasteiger partial charge in [-0.15, -0.1) is 0 Å². The van der Waals surface area contributed by atoms with Gasteiger partial charge in [-0.05, 0) is 43.3 Å². The minimum atomic E-state index is -0.617. The summed E-state index contributed by atoms with van der Waals surface area (Å²) in [5.41, 5.74) is 7.30. The van der Waals surface area contributed by atoms with E-state index in [1.165, 1.54) is 12.8 Å². The third kappa shape index (κ3) is 3.81. The molecule has 0 aromatic heterocycles. The largest absolute Gasteiger partial charge is 0.394 e. The molecule has 1 saturated heterocycles. The summed E-state index contributed by atoms with van der Waals surface area (Å²) in [5, 5.41) is 9.71. The van der Waals surface area contributed by atoms with Crippen LogP contribution in [0.5, 0.6) is 0 Å². The number of piperidine rings is 1. The molecule has 20 heavy (non-hydrogen) atoms. The summed E-state index contributed by atoms with van der Waals surface area (Å²) >= 11 is 0. The number of aliphatic hydroxyl groups is 1. The van der Waals surface area contributed by atoms with Crippen molar-refractivity contribution in [2.45, 2.75) is 38.6 Å². The second kappa shape index (κ2) is 6.25. The SMILES string of the molecule is CC1(C)CCN(CCC(N)(CO)c2ccccc2)CC1. The van der Waals surface area contributed by atoms with Crippen LogP contribution in [0.25, 0.3) is 0 Å². The molecule has 1 atom stereocenters. The molecule has 0 amide bonds. The molecular weight excluding hydrogens is 248 g/mol. The molecule has 1 aliphatic heterocycles. The Morgan fingerprint density at radius 3 is 2.35 bits per heavy atom. The van der Waals surface area contributed by atoms with Gasteiger partial charge in [-0.1, -0.05) is 44.2 Å². The molecule has 0 bridgehead atoms. The molecule has 3 N–H and O–H groups in total. The van der Waals surface area contributed by atoms with E-state index in [9.17, 15) is 5.11 Å². The number of benzene rings is 1. The lowest BCUT2D eigenvalue weighted by Gasteiger charge is -2.38. The fourth-order valence-corrected chi connectivity index (χ4v) is 2.82. The smallest absolute Gasteiger partial charge is 0.0656 e. The van der Waals surface area contributed by atoms with Crippen LogP contribution < -0.4 is 5.73 Å². The standard InChI is InChI=1S/C17H28N2O/c1-16(2)8-11-19(12-9-16)13-10-17(18,14-20)15-6-4-3-5-7-15/h3-7,20H,8-14,18H2,1-2H3. The van der Waals surface area contributed by atoms with E-state index in [1.54, 1.807) is 0 Å². The maximum atomic E-state index is 9.71. The molecule has 2 rings (SSSR count). The van der Waals surface area contributed by atoms with E-state index < -0.39 is 5.54 Å². The molecular formula is C17H28N2O. The maximum absolute atomic E-state index is 9.71. The van der Waals surface area contributed by atoms with Gasteiger partial charge in [0.05, 0.1) is 12.1 Å². The average molecular weight is 276 g/mol. The van der Waals surface area contributed by atoms with Crippen LogP contribution in [0.4, 0.5) is 0 Å². The van der Waals surface area contributed by atoms with Crippen molar-refractivity contribution in [3.05, 3.63) is 35.9 Å². The molecule has 1 aliphatic rings. The summed E-state index contributed by atoms with van der Waals surface area (Å²) in [6.45, 7) is 7.93. The van der Waals surface area contributed by atoms with E-state index in [-0.39, 0.29) is 6.61 Å². The van der Waals surface area contributed by atoms with Crippen LogP contribution in [-0.2, 0) is 5.54 Å². The van der Waals surface area contributed by atoms with Crippen LogP contribution in [-0.4, -0.2) is 36.2 Å². The highest BCUT2D eigenvalue weighted by Crippen LogP contribution is 2.30. The van der Waals surface area contributed by atoms with E-state index in [4.69, 9.17) is 5.73 Å². The summed E-state index contributed by atoms with van der Waals surface area (Å²) in [7, 11) is 0. The van der Waals surface area contributed by atoms with Gasteiger partial charge in [-0.25, -0.2) is 0 Å². The fraction of sp³-hybridized carbons (Fsp3) is 0.647. The topological polar surface area (TPSA) is 49.5 Å². The molecule has 3 heteroatoms. The predicted molar refractivity (Wildman–Crippen MR) is 83.5 cm³/mol. The first-order valence-electron chi connectivity index (χ1n) is 7.63.